The van der Waals surface area contributed by atoms with E-state index < -0.39 is 20.3 Å². The number of hydrogen-bond acceptors (Lipinski definition) is 4. The van der Waals surface area contributed by atoms with Crippen LogP contribution in [0.3, 0.4) is 0 Å². The molecule has 0 aliphatic rings. The molecule has 0 atom stereocenters. The topological polar surface area (TPSA) is 52.6 Å². The molecule has 27 heavy (non-hydrogen) atoms. The molecule has 1 aromatic rings. The number of unbranched alkanes of at least 4 members (excludes halogenated alkanes) is 7. The molecule has 0 amide bonds. The van der Waals surface area contributed by atoms with Gasteiger partial charge in [-0.2, -0.15) is 0 Å². The second-order valence-electron chi connectivity index (χ2n) is 7.70. The van der Waals surface area contributed by atoms with Crippen LogP contribution in [0.25, 0.3) is 0 Å². The highest BCUT2D eigenvalue weighted by Gasteiger charge is 2.24. The molecule has 1 rings (SSSR count). The molecule has 0 heterocycles. The van der Waals surface area contributed by atoms with Crippen LogP contribution in [-0.2, 0) is 9.16 Å². The molecule has 152 valence electrons. The Hall–Kier alpha value is -1.33. The van der Waals surface area contributed by atoms with E-state index in [9.17, 15) is 9.59 Å². The normalized spacial score (nSPS) is 11.3. The number of halogens is 1. The zero-order valence-corrected chi connectivity index (χ0v) is 18.6. The summed E-state index contributed by atoms with van der Waals surface area (Å²) in [6.07, 6.45) is 9.04. The van der Waals surface area contributed by atoms with Crippen LogP contribution >= 0.6 is 11.6 Å². The second kappa shape index (κ2) is 12.9. The highest BCUT2D eigenvalue weighted by molar-refractivity contribution is 6.71. The van der Waals surface area contributed by atoms with Gasteiger partial charge in [-0.1, -0.05) is 50.7 Å². The average molecular weight is 413 g/mol. The van der Waals surface area contributed by atoms with Crippen molar-refractivity contribution in [3.8, 4) is 0 Å². The Balaban J connectivity index is 2.34. The first kappa shape index (κ1) is 23.7. The summed E-state index contributed by atoms with van der Waals surface area (Å²) in [5, 5.41) is 0. The summed E-state index contributed by atoms with van der Waals surface area (Å²) in [6.45, 7) is 6.18. The molecule has 6 heteroatoms. The SMILES string of the molecule is C[Si](C)(C)OC(=O)c1ccccc1C(=O)OCCCCCCCCCCCl. The Morgan fingerprint density at radius 2 is 1.30 bits per heavy atom. The van der Waals surface area contributed by atoms with Gasteiger partial charge < -0.3 is 9.16 Å². The van der Waals surface area contributed by atoms with Crippen LogP contribution in [0.15, 0.2) is 24.3 Å². The number of benzene rings is 1. The highest BCUT2D eigenvalue weighted by Crippen LogP contribution is 2.16. The van der Waals surface area contributed by atoms with E-state index in [1.165, 1.54) is 25.7 Å². The number of esters is 1. The van der Waals surface area contributed by atoms with Crippen LogP contribution in [0.4, 0.5) is 0 Å². The number of ether oxygens (including phenoxy) is 1. The van der Waals surface area contributed by atoms with Crippen molar-refractivity contribution in [2.75, 3.05) is 12.5 Å². The van der Waals surface area contributed by atoms with Gasteiger partial charge in [-0.25, -0.2) is 9.59 Å². The van der Waals surface area contributed by atoms with Crippen LogP contribution in [0.1, 0.15) is 72.1 Å². The van der Waals surface area contributed by atoms with E-state index in [1.807, 2.05) is 19.6 Å². The quantitative estimate of drug-likeness (QED) is 0.167. The Kier molecular flexibility index (Phi) is 11.4. The van der Waals surface area contributed by atoms with Crippen molar-refractivity contribution in [1.29, 1.82) is 0 Å². The lowest BCUT2D eigenvalue weighted by molar-refractivity contribution is 0.0489. The molecule has 0 aliphatic carbocycles. The molecule has 0 radical (unpaired) electrons. The van der Waals surface area contributed by atoms with Gasteiger partial charge in [0.15, 0.2) is 0 Å². The molecule has 0 saturated heterocycles. The van der Waals surface area contributed by atoms with Crippen LogP contribution in [0, 0.1) is 0 Å². The second-order valence-corrected chi connectivity index (χ2v) is 12.5. The first-order valence-corrected chi connectivity index (χ1v) is 13.8. The third-order valence-electron chi connectivity index (χ3n) is 4.03. The molecule has 0 aromatic heterocycles. The van der Waals surface area contributed by atoms with Gasteiger partial charge in [0.25, 0.3) is 0 Å². The third-order valence-corrected chi connectivity index (χ3v) is 5.09. The lowest BCUT2D eigenvalue weighted by atomic mass is 10.1. The van der Waals surface area contributed by atoms with Gasteiger partial charge in [0.1, 0.15) is 0 Å². The Morgan fingerprint density at radius 1 is 0.815 bits per heavy atom. The van der Waals surface area contributed by atoms with Crippen molar-refractivity contribution < 1.29 is 18.8 Å². The maximum Gasteiger partial charge on any atom is 0.339 e. The van der Waals surface area contributed by atoms with E-state index in [0.29, 0.717) is 6.61 Å². The molecular formula is C21H33ClO4Si. The number of hydrogen-bond donors (Lipinski definition) is 0. The van der Waals surface area contributed by atoms with Crippen molar-refractivity contribution in [1.82, 2.24) is 0 Å². The van der Waals surface area contributed by atoms with E-state index in [1.54, 1.807) is 24.3 Å². The molecule has 0 N–H and O–H groups in total. The minimum atomic E-state index is -2.02. The fourth-order valence-corrected chi connectivity index (χ4v) is 3.53. The van der Waals surface area contributed by atoms with Gasteiger partial charge in [-0.15, -0.1) is 11.6 Å². The minimum Gasteiger partial charge on any atom is -0.516 e. The zero-order chi connectivity index (χ0) is 20.1. The maximum atomic E-state index is 12.3. The van der Waals surface area contributed by atoms with E-state index >= 15 is 0 Å². The number of carbonyl (C=O) groups is 2. The van der Waals surface area contributed by atoms with Gasteiger partial charge in [-0.3, -0.25) is 0 Å². The Bertz CT molecular complexity index is 584. The average Bonchev–Trinajstić information content (AvgIpc) is 2.61. The lowest BCUT2D eigenvalue weighted by Crippen LogP contribution is -2.30. The van der Waals surface area contributed by atoms with E-state index in [0.717, 1.165) is 31.6 Å². The molecule has 0 saturated carbocycles. The van der Waals surface area contributed by atoms with Crippen molar-refractivity contribution in [3.05, 3.63) is 35.4 Å². The van der Waals surface area contributed by atoms with Gasteiger partial charge in [0.05, 0.1) is 17.7 Å². The van der Waals surface area contributed by atoms with Crippen LogP contribution < -0.4 is 0 Å². The molecule has 0 aliphatic heterocycles. The van der Waals surface area contributed by atoms with Crippen molar-refractivity contribution >= 4 is 31.9 Å². The van der Waals surface area contributed by atoms with Crippen LogP contribution in [0.2, 0.25) is 19.6 Å². The van der Waals surface area contributed by atoms with Crippen molar-refractivity contribution in [2.24, 2.45) is 0 Å². The fourth-order valence-electron chi connectivity index (χ4n) is 2.67. The van der Waals surface area contributed by atoms with Crippen molar-refractivity contribution in [3.63, 3.8) is 0 Å². The number of carbonyl (C=O) groups excluding carboxylic acids is 2. The van der Waals surface area contributed by atoms with E-state index in [4.69, 9.17) is 20.8 Å². The zero-order valence-electron chi connectivity index (χ0n) is 16.9. The summed E-state index contributed by atoms with van der Waals surface area (Å²) in [4.78, 5) is 24.7. The Morgan fingerprint density at radius 3 is 1.81 bits per heavy atom. The molecular weight excluding hydrogens is 380 g/mol. The third kappa shape index (κ3) is 10.5. The smallest absolute Gasteiger partial charge is 0.339 e. The van der Waals surface area contributed by atoms with Gasteiger partial charge >= 0.3 is 11.9 Å². The maximum absolute atomic E-state index is 12.3. The predicted octanol–water partition coefficient (Wildman–Crippen LogP) is 6.19. The molecule has 1 aromatic carbocycles. The van der Waals surface area contributed by atoms with Crippen molar-refractivity contribution in [2.45, 2.75) is 71.0 Å². The summed E-state index contributed by atoms with van der Waals surface area (Å²) >= 11 is 5.66. The summed E-state index contributed by atoms with van der Waals surface area (Å²) < 4.78 is 10.9. The minimum absolute atomic E-state index is 0.278. The number of alkyl halides is 1. The summed E-state index contributed by atoms with van der Waals surface area (Å²) in [7, 11) is -2.02. The van der Waals surface area contributed by atoms with E-state index in [-0.39, 0.29) is 11.1 Å². The standard InChI is InChI=1S/C21H33ClO4Si/c1-27(2,3)26-21(24)19-15-11-10-14-18(19)20(23)25-17-13-9-7-5-4-6-8-12-16-22/h10-11,14-15H,4-9,12-13,16-17H2,1-3H3. The van der Waals surface area contributed by atoms with Crippen LogP contribution in [-0.4, -0.2) is 32.7 Å². The predicted molar refractivity (Wildman–Crippen MR) is 113 cm³/mol. The molecule has 0 spiro atoms. The van der Waals surface area contributed by atoms with Gasteiger partial charge in [-0.05, 0) is 44.6 Å². The van der Waals surface area contributed by atoms with Crippen LogP contribution in [0.5, 0.6) is 0 Å². The fraction of sp³-hybridized carbons (Fsp3) is 0.619. The molecule has 0 fully saturated rings. The summed E-state index contributed by atoms with van der Waals surface area (Å²) in [5.41, 5.74) is 0.557. The van der Waals surface area contributed by atoms with Gasteiger partial charge in [0.2, 0.25) is 8.32 Å². The first-order chi connectivity index (χ1) is 12.8. The summed E-state index contributed by atoms with van der Waals surface area (Å²) in [6, 6.07) is 6.68. The molecule has 0 bridgehead atoms. The lowest BCUT2D eigenvalue weighted by Gasteiger charge is -2.18. The molecule has 4 nitrogen and oxygen atoms in total. The monoisotopic (exact) mass is 412 g/mol. The van der Waals surface area contributed by atoms with Gasteiger partial charge in [0, 0.05) is 5.88 Å². The molecule has 0 unspecified atom stereocenters. The highest BCUT2D eigenvalue weighted by atomic mass is 35.5. The van der Waals surface area contributed by atoms with E-state index in [2.05, 4.69) is 0 Å². The largest absolute Gasteiger partial charge is 0.516 e. The number of rotatable bonds is 13. The first-order valence-electron chi connectivity index (χ1n) is 9.90. The Labute approximate surface area is 169 Å². The summed E-state index contributed by atoms with van der Waals surface area (Å²) in [5.74, 6) is -0.153.